The molecule has 0 aromatic carbocycles. The summed E-state index contributed by atoms with van der Waals surface area (Å²) in [5.41, 5.74) is 5.73. The SMILES string of the molecule is CC(C)C(N)CC(=O)NCCCS(C)(=O)=O. The second-order valence-electron chi connectivity index (χ2n) is 4.45. The molecule has 1 amide bonds. The molecule has 3 N–H and O–H groups in total. The number of carbonyl (C=O) groups excluding carboxylic acids is 1. The van der Waals surface area contributed by atoms with Crippen LogP contribution in [0.3, 0.4) is 0 Å². The fourth-order valence-corrected chi connectivity index (χ4v) is 1.75. The largest absolute Gasteiger partial charge is 0.356 e. The molecule has 1 atom stereocenters. The van der Waals surface area contributed by atoms with Crippen molar-refractivity contribution < 1.29 is 13.2 Å². The van der Waals surface area contributed by atoms with Gasteiger partial charge in [0.05, 0.1) is 5.75 Å². The average molecular weight is 250 g/mol. The van der Waals surface area contributed by atoms with Crippen LogP contribution in [0.25, 0.3) is 0 Å². The third-order valence-corrected chi connectivity index (χ3v) is 3.32. The van der Waals surface area contributed by atoms with Crippen LogP contribution in [-0.2, 0) is 14.6 Å². The molecule has 16 heavy (non-hydrogen) atoms. The molecule has 0 spiro atoms. The molecule has 0 heterocycles. The van der Waals surface area contributed by atoms with Crippen molar-refractivity contribution >= 4 is 15.7 Å². The Labute approximate surface area is 97.7 Å². The molecule has 0 aliphatic carbocycles. The van der Waals surface area contributed by atoms with Crippen LogP contribution in [0.1, 0.15) is 26.7 Å². The highest BCUT2D eigenvalue weighted by molar-refractivity contribution is 7.90. The monoisotopic (exact) mass is 250 g/mol. The Bertz CT molecular complexity index is 312. The summed E-state index contributed by atoms with van der Waals surface area (Å²) in [4.78, 5) is 11.3. The number of amides is 1. The first-order chi connectivity index (χ1) is 7.22. The van der Waals surface area contributed by atoms with Crippen LogP contribution in [0, 0.1) is 5.92 Å². The quantitative estimate of drug-likeness (QED) is 0.618. The van der Waals surface area contributed by atoms with E-state index in [0.29, 0.717) is 13.0 Å². The lowest BCUT2D eigenvalue weighted by molar-refractivity contribution is -0.121. The van der Waals surface area contributed by atoms with Crippen LogP contribution in [0.15, 0.2) is 0 Å². The zero-order chi connectivity index (χ0) is 12.8. The van der Waals surface area contributed by atoms with Gasteiger partial charge in [0.15, 0.2) is 0 Å². The molecule has 0 aliphatic heterocycles. The molecule has 96 valence electrons. The van der Waals surface area contributed by atoms with Gasteiger partial charge in [0.2, 0.25) is 5.91 Å². The highest BCUT2D eigenvalue weighted by Crippen LogP contribution is 2.02. The van der Waals surface area contributed by atoms with E-state index >= 15 is 0 Å². The van der Waals surface area contributed by atoms with E-state index in [1.165, 1.54) is 6.26 Å². The number of hydrogen-bond acceptors (Lipinski definition) is 4. The standard InChI is InChI=1S/C10H22N2O3S/c1-8(2)9(11)7-10(13)12-5-4-6-16(3,14)15/h8-9H,4-7,11H2,1-3H3,(H,12,13). The van der Waals surface area contributed by atoms with Gasteiger partial charge in [-0.15, -0.1) is 0 Å². The Morgan fingerprint density at radius 1 is 1.38 bits per heavy atom. The Kier molecular flexibility index (Phi) is 6.59. The topological polar surface area (TPSA) is 89.3 Å². The zero-order valence-corrected chi connectivity index (χ0v) is 11.0. The van der Waals surface area contributed by atoms with Crippen molar-refractivity contribution in [3.63, 3.8) is 0 Å². The van der Waals surface area contributed by atoms with Gasteiger partial charge >= 0.3 is 0 Å². The fourth-order valence-electron chi connectivity index (χ4n) is 1.08. The third kappa shape index (κ3) is 8.67. The van der Waals surface area contributed by atoms with E-state index in [4.69, 9.17) is 5.73 Å². The average Bonchev–Trinajstić information content (AvgIpc) is 2.10. The summed E-state index contributed by atoms with van der Waals surface area (Å²) in [7, 11) is -2.93. The fraction of sp³-hybridized carbons (Fsp3) is 0.900. The minimum atomic E-state index is -2.93. The van der Waals surface area contributed by atoms with Crippen molar-refractivity contribution in [3.8, 4) is 0 Å². The smallest absolute Gasteiger partial charge is 0.221 e. The minimum absolute atomic E-state index is 0.101. The summed E-state index contributed by atoms with van der Waals surface area (Å²) < 4.78 is 21.6. The first kappa shape index (κ1) is 15.4. The highest BCUT2D eigenvalue weighted by atomic mass is 32.2. The second-order valence-corrected chi connectivity index (χ2v) is 6.71. The van der Waals surface area contributed by atoms with E-state index in [9.17, 15) is 13.2 Å². The van der Waals surface area contributed by atoms with Crippen LogP contribution in [-0.4, -0.2) is 38.9 Å². The molecule has 0 saturated carbocycles. The zero-order valence-electron chi connectivity index (χ0n) is 10.2. The Hall–Kier alpha value is -0.620. The number of carbonyl (C=O) groups is 1. The van der Waals surface area contributed by atoms with Crippen molar-refractivity contribution in [2.75, 3.05) is 18.6 Å². The molecular weight excluding hydrogens is 228 g/mol. The van der Waals surface area contributed by atoms with Gasteiger partial charge in [-0.3, -0.25) is 4.79 Å². The van der Waals surface area contributed by atoms with E-state index in [2.05, 4.69) is 5.32 Å². The maximum absolute atomic E-state index is 11.3. The van der Waals surface area contributed by atoms with Crippen molar-refractivity contribution in [2.45, 2.75) is 32.7 Å². The number of sulfone groups is 1. The molecular formula is C10H22N2O3S. The van der Waals surface area contributed by atoms with Crippen LogP contribution in [0.5, 0.6) is 0 Å². The van der Waals surface area contributed by atoms with Crippen molar-refractivity contribution in [1.82, 2.24) is 5.32 Å². The second kappa shape index (κ2) is 6.85. The van der Waals surface area contributed by atoms with Crippen molar-refractivity contribution in [3.05, 3.63) is 0 Å². The summed E-state index contributed by atoms with van der Waals surface area (Å²) in [5.74, 6) is 0.250. The third-order valence-electron chi connectivity index (χ3n) is 2.29. The molecule has 1 unspecified atom stereocenters. The minimum Gasteiger partial charge on any atom is -0.356 e. The van der Waals surface area contributed by atoms with E-state index in [1.54, 1.807) is 0 Å². The Morgan fingerprint density at radius 3 is 2.38 bits per heavy atom. The number of hydrogen-bond donors (Lipinski definition) is 2. The first-order valence-corrected chi connectivity index (χ1v) is 7.48. The number of nitrogens with two attached hydrogens (primary N) is 1. The summed E-state index contributed by atoms with van der Waals surface area (Å²) in [5, 5.41) is 2.66. The summed E-state index contributed by atoms with van der Waals surface area (Å²) in [6.07, 6.45) is 1.92. The Morgan fingerprint density at radius 2 is 1.94 bits per heavy atom. The lowest BCUT2D eigenvalue weighted by atomic mass is 10.0. The summed E-state index contributed by atoms with van der Waals surface area (Å²) in [6, 6.07) is -0.144. The normalized spacial score (nSPS) is 13.8. The summed E-state index contributed by atoms with van der Waals surface area (Å²) >= 11 is 0. The molecule has 0 rings (SSSR count). The number of rotatable bonds is 7. The maximum atomic E-state index is 11.3. The van der Waals surface area contributed by atoms with Crippen LogP contribution >= 0.6 is 0 Å². The number of nitrogens with one attached hydrogen (secondary N) is 1. The van der Waals surface area contributed by atoms with Gasteiger partial charge in [0.25, 0.3) is 0 Å². The summed E-state index contributed by atoms with van der Waals surface area (Å²) in [6.45, 7) is 4.31. The van der Waals surface area contributed by atoms with E-state index < -0.39 is 9.84 Å². The van der Waals surface area contributed by atoms with Gasteiger partial charge in [0.1, 0.15) is 9.84 Å². The lowest BCUT2D eigenvalue weighted by Crippen LogP contribution is -2.35. The molecule has 0 fully saturated rings. The van der Waals surface area contributed by atoms with E-state index in [0.717, 1.165) is 0 Å². The highest BCUT2D eigenvalue weighted by Gasteiger charge is 2.12. The van der Waals surface area contributed by atoms with Gasteiger partial charge in [-0.2, -0.15) is 0 Å². The molecule has 0 aromatic rings. The van der Waals surface area contributed by atoms with Gasteiger partial charge in [-0.25, -0.2) is 8.42 Å². The lowest BCUT2D eigenvalue weighted by Gasteiger charge is -2.14. The van der Waals surface area contributed by atoms with Gasteiger partial charge in [0, 0.05) is 25.3 Å². The van der Waals surface area contributed by atoms with Crippen LogP contribution in [0.4, 0.5) is 0 Å². The van der Waals surface area contributed by atoms with E-state index in [1.807, 2.05) is 13.8 Å². The molecule has 6 heteroatoms. The predicted octanol–water partition coefficient (Wildman–Crippen LogP) is -0.0893. The molecule has 0 aliphatic rings. The molecule has 0 bridgehead atoms. The van der Waals surface area contributed by atoms with Crippen LogP contribution < -0.4 is 11.1 Å². The van der Waals surface area contributed by atoms with Gasteiger partial charge in [-0.05, 0) is 12.3 Å². The molecule has 5 nitrogen and oxygen atoms in total. The predicted molar refractivity (Wildman–Crippen MR) is 64.8 cm³/mol. The van der Waals surface area contributed by atoms with Crippen LogP contribution in [0.2, 0.25) is 0 Å². The van der Waals surface area contributed by atoms with E-state index in [-0.39, 0.29) is 30.0 Å². The molecule has 0 aromatic heterocycles. The molecule has 0 saturated heterocycles. The maximum Gasteiger partial charge on any atom is 0.221 e. The van der Waals surface area contributed by atoms with Gasteiger partial charge < -0.3 is 11.1 Å². The van der Waals surface area contributed by atoms with Gasteiger partial charge in [-0.1, -0.05) is 13.8 Å². The van der Waals surface area contributed by atoms with Crippen molar-refractivity contribution in [2.24, 2.45) is 11.7 Å². The first-order valence-electron chi connectivity index (χ1n) is 5.42. The van der Waals surface area contributed by atoms with Crippen molar-refractivity contribution in [1.29, 1.82) is 0 Å². The molecule has 0 radical (unpaired) electrons. The Balaban J connectivity index is 3.67.